The lowest BCUT2D eigenvalue weighted by Crippen LogP contribution is -2.46. The van der Waals surface area contributed by atoms with E-state index in [2.05, 4.69) is 16.0 Å². The summed E-state index contributed by atoms with van der Waals surface area (Å²) >= 11 is 0. The molecule has 204 valence electrons. The van der Waals surface area contributed by atoms with Crippen molar-refractivity contribution in [2.24, 2.45) is 0 Å². The maximum Gasteiger partial charge on any atom is 0.490 e. The zero-order chi connectivity index (χ0) is 28.2. The molecule has 1 aliphatic heterocycles. The standard InChI is InChI=1S/C27H26FN3O.C2HF3O2/c1-19-11-12-21(28)17-20(19)18-25-26(27(32)30-15-13-29-14-16-30)23-9-5-6-10-24(23)31(25)22-7-3-2-4-8-22;3-2(4,5)1(6)7/h2-12,17,29H,13-16,18H2,1H3;(H,6,7). The monoisotopic (exact) mass is 541 g/mol. The lowest BCUT2D eigenvalue weighted by Gasteiger charge is -2.28. The second-order valence-corrected chi connectivity index (χ2v) is 9.10. The van der Waals surface area contributed by atoms with Gasteiger partial charge in [0.2, 0.25) is 0 Å². The lowest BCUT2D eigenvalue weighted by atomic mass is 9.99. The van der Waals surface area contributed by atoms with Crippen LogP contribution in [0.5, 0.6) is 0 Å². The molecule has 1 aromatic heterocycles. The molecule has 1 aliphatic rings. The number of amides is 1. The summed E-state index contributed by atoms with van der Waals surface area (Å²) in [5.41, 5.74) is 5.49. The van der Waals surface area contributed by atoms with Crippen LogP contribution in [-0.4, -0.2) is 58.8 Å². The first-order chi connectivity index (χ1) is 18.6. The van der Waals surface area contributed by atoms with Crippen molar-refractivity contribution in [3.8, 4) is 5.69 Å². The maximum absolute atomic E-state index is 14.1. The first kappa shape index (κ1) is 27.8. The molecule has 39 heavy (non-hydrogen) atoms. The van der Waals surface area contributed by atoms with E-state index in [1.54, 1.807) is 12.1 Å². The number of aliphatic carboxylic acids is 1. The molecule has 2 heterocycles. The topological polar surface area (TPSA) is 74.6 Å². The smallest absolute Gasteiger partial charge is 0.475 e. The number of alkyl halides is 3. The van der Waals surface area contributed by atoms with Gasteiger partial charge in [-0.3, -0.25) is 4.79 Å². The van der Waals surface area contributed by atoms with Gasteiger partial charge in [-0.05, 0) is 48.4 Å². The minimum atomic E-state index is -5.08. The molecule has 4 aromatic rings. The lowest BCUT2D eigenvalue weighted by molar-refractivity contribution is -0.192. The van der Waals surface area contributed by atoms with Crippen molar-refractivity contribution >= 4 is 22.8 Å². The third kappa shape index (κ3) is 6.28. The van der Waals surface area contributed by atoms with E-state index in [1.807, 2.05) is 60.4 Å². The van der Waals surface area contributed by atoms with E-state index < -0.39 is 12.1 Å². The van der Waals surface area contributed by atoms with Gasteiger partial charge < -0.3 is 19.9 Å². The first-order valence-corrected chi connectivity index (χ1v) is 12.3. The Kier molecular flexibility index (Phi) is 8.35. The van der Waals surface area contributed by atoms with E-state index in [0.29, 0.717) is 19.5 Å². The molecule has 2 N–H and O–H groups in total. The van der Waals surface area contributed by atoms with Crippen molar-refractivity contribution in [3.63, 3.8) is 0 Å². The van der Waals surface area contributed by atoms with Gasteiger partial charge >= 0.3 is 12.1 Å². The molecule has 0 radical (unpaired) electrons. The molecule has 3 aromatic carbocycles. The zero-order valence-electron chi connectivity index (χ0n) is 21.1. The fourth-order valence-electron chi connectivity index (χ4n) is 4.61. The van der Waals surface area contributed by atoms with Crippen molar-refractivity contribution in [3.05, 3.63) is 101 Å². The van der Waals surface area contributed by atoms with Crippen molar-refractivity contribution < 1.29 is 32.3 Å². The zero-order valence-corrected chi connectivity index (χ0v) is 21.1. The Morgan fingerprint density at radius 2 is 1.56 bits per heavy atom. The molecule has 0 atom stereocenters. The van der Waals surface area contributed by atoms with E-state index in [9.17, 15) is 22.4 Å². The second kappa shape index (κ2) is 11.7. The summed E-state index contributed by atoms with van der Waals surface area (Å²) in [6.45, 7) is 4.94. The van der Waals surface area contributed by atoms with E-state index in [1.165, 1.54) is 6.07 Å². The van der Waals surface area contributed by atoms with Crippen LogP contribution in [0.15, 0.2) is 72.8 Å². The summed E-state index contributed by atoms with van der Waals surface area (Å²) in [7, 11) is 0. The fraction of sp³-hybridized carbons (Fsp3) is 0.241. The average Bonchev–Trinajstić information content (AvgIpc) is 3.24. The highest BCUT2D eigenvalue weighted by atomic mass is 19.4. The second-order valence-electron chi connectivity index (χ2n) is 9.10. The Morgan fingerprint density at radius 3 is 2.21 bits per heavy atom. The number of halogens is 4. The van der Waals surface area contributed by atoms with E-state index in [-0.39, 0.29) is 11.7 Å². The number of piperazine rings is 1. The van der Waals surface area contributed by atoms with Crippen LogP contribution in [-0.2, 0) is 11.2 Å². The molecule has 5 rings (SSSR count). The maximum atomic E-state index is 14.1. The SMILES string of the molecule is Cc1ccc(F)cc1Cc1c(C(=O)N2CCNCC2)c2ccccc2n1-c1ccccc1.O=C(O)C(F)(F)F. The molecule has 0 saturated carbocycles. The van der Waals surface area contributed by atoms with Crippen molar-refractivity contribution in [2.45, 2.75) is 19.5 Å². The molecular formula is C29H27F4N3O3. The van der Waals surface area contributed by atoms with E-state index in [4.69, 9.17) is 9.90 Å². The molecule has 0 spiro atoms. The van der Waals surface area contributed by atoms with Crippen LogP contribution in [0.4, 0.5) is 17.6 Å². The molecular weight excluding hydrogens is 514 g/mol. The molecule has 10 heteroatoms. The first-order valence-electron chi connectivity index (χ1n) is 12.3. The van der Waals surface area contributed by atoms with Crippen molar-refractivity contribution in [2.75, 3.05) is 26.2 Å². The largest absolute Gasteiger partial charge is 0.490 e. The summed E-state index contributed by atoms with van der Waals surface area (Å²) < 4.78 is 48.0. The molecule has 1 fully saturated rings. The number of hydrogen-bond acceptors (Lipinski definition) is 3. The number of carboxylic acids is 1. The molecule has 0 bridgehead atoms. The minimum Gasteiger partial charge on any atom is -0.475 e. The Hall–Kier alpha value is -4.18. The van der Waals surface area contributed by atoms with Crippen LogP contribution >= 0.6 is 0 Å². The quantitative estimate of drug-likeness (QED) is 0.342. The summed E-state index contributed by atoms with van der Waals surface area (Å²) in [6, 6.07) is 23.0. The number of nitrogens with zero attached hydrogens (tertiary/aromatic N) is 2. The summed E-state index contributed by atoms with van der Waals surface area (Å²) in [5, 5.41) is 11.4. The van der Waals surface area contributed by atoms with Gasteiger partial charge in [-0.15, -0.1) is 0 Å². The number of carboxylic acid groups (broad SMARTS) is 1. The highest BCUT2D eigenvalue weighted by Gasteiger charge is 2.38. The Balaban J connectivity index is 0.000000448. The Bertz CT molecular complexity index is 1480. The Morgan fingerprint density at radius 1 is 0.949 bits per heavy atom. The average molecular weight is 542 g/mol. The molecule has 0 unspecified atom stereocenters. The number of carbonyl (C=O) groups excluding carboxylic acids is 1. The van der Waals surface area contributed by atoms with Gasteiger partial charge in [-0.2, -0.15) is 13.2 Å². The molecule has 1 amide bonds. The Labute approximate surface area is 222 Å². The highest BCUT2D eigenvalue weighted by Crippen LogP contribution is 2.33. The van der Waals surface area contributed by atoms with Gasteiger partial charge in [0, 0.05) is 49.4 Å². The number of aryl methyl sites for hydroxylation is 1. The van der Waals surface area contributed by atoms with Crippen LogP contribution in [0.1, 0.15) is 27.2 Å². The van der Waals surface area contributed by atoms with Crippen LogP contribution in [0.3, 0.4) is 0 Å². The van der Waals surface area contributed by atoms with Gasteiger partial charge in [0.25, 0.3) is 5.91 Å². The van der Waals surface area contributed by atoms with Crippen molar-refractivity contribution in [1.29, 1.82) is 0 Å². The number of para-hydroxylation sites is 2. The molecule has 6 nitrogen and oxygen atoms in total. The van der Waals surface area contributed by atoms with Crippen LogP contribution in [0.2, 0.25) is 0 Å². The van der Waals surface area contributed by atoms with E-state index >= 15 is 0 Å². The number of fused-ring (bicyclic) bond motifs is 1. The van der Waals surface area contributed by atoms with Crippen LogP contribution in [0.25, 0.3) is 16.6 Å². The van der Waals surface area contributed by atoms with Gasteiger partial charge in [0.15, 0.2) is 0 Å². The van der Waals surface area contributed by atoms with Crippen LogP contribution in [0, 0.1) is 12.7 Å². The van der Waals surface area contributed by atoms with Crippen molar-refractivity contribution in [1.82, 2.24) is 14.8 Å². The summed E-state index contributed by atoms with van der Waals surface area (Å²) in [6.07, 6.45) is -4.61. The van der Waals surface area contributed by atoms with Gasteiger partial charge in [-0.25, -0.2) is 9.18 Å². The third-order valence-corrected chi connectivity index (χ3v) is 6.52. The summed E-state index contributed by atoms with van der Waals surface area (Å²) in [4.78, 5) is 24.7. The number of benzene rings is 3. The predicted octanol–water partition coefficient (Wildman–Crippen LogP) is 5.35. The predicted molar refractivity (Wildman–Crippen MR) is 140 cm³/mol. The molecule has 1 saturated heterocycles. The summed E-state index contributed by atoms with van der Waals surface area (Å²) in [5.74, 6) is -2.98. The number of rotatable bonds is 4. The van der Waals surface area contributed by atoms with Gasteiger partial charge in [0.1, 0.15) is 5.82 Å². The molecule has 0 aliphatic carbocycles. The normalized spacial score (nSPS) is 13.6. The number of hydrogen-bond donors (Lipinski definition) is 2. The number of aromatic nitrogens is 1. The fourth-order valence-corrected chi connectivity index (χ4v) is 4.61. The van der Waals surface area contributed by atoms with Gasteiger partial charge in [0.05, 0.1) is 11.1 Å². The number of nitrogens with one attached hydrogen (secondary N) is 1. The highest BCUT2D eigenvalue weighted by molar-refractivity contribution is 6.09. The number of carbonyl (C=O) groups is 2. The van der Waals surface area contributed by atoms with Crippen LogP contribution < -0.4 is 5.32 Å². The third-order valence-electron chi connectivity index (χ3n) is 6.52. The van der Waals surface area contributed by atoms with E-state index in [0.717, 1.165) is 52.1 Å². The minimum absolute atomic E-state index is 0.0430. The van der Waals surface area contributed by atoms with Gasteiger partial charge in [-0.1, -0.05) is 42.5 Å².